The van der Waals surface area contributed by atoms with Crippen LogP contribution < -0.4 is 10.9 Å². The van der Waals surface area contributed by atoms with Gasteiger partial charge in [-0.3, -0.25) is 14.6 Å². The molecule has 0 aliphatic rings. The lowest BCUT2D eigenvalue weighted by Crippen LogP contribution is -2.22. The Balaban J connectivity index is 1.81. The first-order valence-corrected chi connectivity index (χ1v) is 9.18. The Bertz CT molecular complexity index is 1060. The molecule has 0 fully saturated rings. The maximum absolute atomic E-state index is 12.5. The van der Waals surface area contributed by atoms with Crippen LogP contribution in [-0.2, 0) is 17.6 Å². The lowest BCUT2D eigenvalue weighted by atomic mass is 10.1. The third kappa shape index (κ3) is 3.88. The Morgan fingerprint density at radius 1 is 1.21 bits per heavy atom. The van der Waals surface area contributed by atoms with E-state index in [1.165, 1.54) is 4.68 Å². The number of nitrogens with zero attached hydrogens (tertiary/aromatic N) is 4. The number of amides is 1. The molecule has 0 unspecified atom stereocenters. The van der Waals surface area contributed by atoms with Crippen LogP contribution in [0.5, 0.6) is 0 Å². The topological polar surface area (TPSA) is 119 Å². The van der Waals surface area contributed by atoms with Crippen molar-refractivity contribution in [2.45, 2.75) is 53.9 Å². The van der Waals surface area contributed by atoms with Gasteiger partial charge >= 0.3 is 0 Å². The number of aromatic nitrogens is 5. The Labute approximate surface area is 162 Å². The molecule has 0 aliphatic carbocycles. The van der Waals surface area contributed by atoms with Crippen molar-refractivity contribution in [2.24, 2.45) is 0 Å². The first-order chi connectivity index (χ1) is 13.3. The van der Waals surface area contributed by atoms with Crippen LogP contribution in [0.4, 0.5) is 5.82 Å². The number of carbonyl (C=O) groups is 1. The highest BCUT2D eigenvalue weighted by atomic mass is 16.5. The molecule has 0 aromatic carbocycles. The largest absolute Gasteiger partial charge is 0.361 e. The second-order valence-corrected chi connectivity index (χ2v) is 6.74. The number of hydrogen-bond acceptors (Lipinski definition) is 6. The Hall–Kier alpha value is -3.23. The van der Waals surface area contributed by atoms with Gasteiger partial charge < -0.3 is 9.84 Å². The zero-order valence-corrected chi connectivity index (χ0v) is 16.7. The van der Waals surface area contributed by atoms with Gasteiger partial charge in [0, 0.05) is 29.3 Å². The molecule has 0 radical (unpaired) electrons. The maximum atomic E-state index is 12.5. The van der Waals surface area contributed by atoms with E-state index in [0.29, 0.717) is 35.6 Å². The Kier molecular flexibility index (Phi) is 5.43. The molecule has 1 amide bonds. The van der Waals surface area contributed by atoms with Gasteiger partial charge in [0.05, 0.1) is 11.4 Å². The molecular weight excluding hydrogens is 360 g/mol. The second-order valence-electron chi connectivity index (χ2n) is 6.74. The lowest BCUT2D eigenvalue weighted by molar-refractivity contribution is -0.116. The van der Waals surface area contributed by atoms with Crippen LogP contribution in [-0.4, -0.2) is 30.8 Å². The number of H-pyrrole nitrogens is 1. The van der Waals surface area contributed by atoms with Crippen molar-refractivity contribution in [3.8, 4) is 5.95 Å². The van der Waals surface area contributed by atoms with E-state index in [2.05, 4.69) is 25.5 Å². The van der Waals surface area contributed by atoms with Gasteiger partial charge in [0.15, 0.2) is 0 Å². The minimum Gasteiger partial charge on any atom is -0.361 e. The third-order valence-electron chi connectivity index (χ3n) is 4.65. The highest BCUT2D eigenvalue weighted by molar-refractivity contribution is 5.90. The maximum Gasteiger partial charge on any atom is 0.255 e. The van der Waals surface area contributed by atoms with Crippen molar-refractivity contribution in [3.63, 3.8) is 0 Å². The number of aromatic amines is 1. The van der Waals surface area contributed by atoms with E-state index in [4.69, 9.17) is 4.52 Å². The van der Waals surface area contributed by atoms with Crippen molar-refractivity contribution in [1.29, 1.82) is 0 Å². The Morgan fingerprint density at radius 2 is 1.96 bits per heavy atom. The molecule has 0 aliphatic heterocycles. The summed E-state index contributed by atoms with van der Waals surface area (Å²) < 4.78 is 6.57. The highest BCUT2D eigenvalue weighted by Gasteiger charge is 2.16. The van der Waals surface area contributed by atoms with Crippen molar-refractivity contribution in [1.82, 2.24) is 24.9 Å². The molecular formula is C19H24N6O3. The van der Waals surface area contributed by atoms with Gasteiger partial charge in [0.25, 0.3) is 5.56 Å². The van der Waals surface area contributed by atoms with Gasteiger partial charge in [0.2, 0.25) is 11.9 Å². The number of nitrogens with one attached hydrogen (secondary N) is 2. The summed E-state index contributed by atoms with van der Waals surface area (Å²) in [4.78, 5) is 31.9. The van der Waals surface area contributed by atoms with Gasteiger partial charge in [-0.2, -0.15) is 9.78 Å². The standard InChI is InChI=1S/C19H24N6O3/c1-6-14-11(3)20-19(22-18(14)27)25-16(9-10(2)23-25)21-17(26)8-7-15-12(4)24-28-13(15)5/h9H,6-8H2,1-5H3,(H,21,26)(H,20,22,27). The minimum absolute atomic E-state index is 0.176. The van der Waals surface area contributed by atoms with Crippen molar-refractivity contribution in [2.75, 3.05) is 5.32 Å². The van der Waals surface area contributed by atoms with E-state index >= 15 is 0 Å². The molecule has 9 heteroatoms. The summed E-state index contributed by atoms with van der Waals surface area (Å²) in [5.74, 6) is 1.27. The normalized spacial score (nSPS) is 11.0. The molecule has 3 aromatic heterocycles. The van der Waals surface area contributed by atoms with Gasteiger partial charge in [-0.1, -0.05) is 12.1 Å². The predicted octanol–water partition coefficient (Wildman–Crippen LogP) is 2.31. The van der Waals surface area contributed by atoms with Crippen molar-refractivity contribution >= 4 is 11.7 Å². The van der Waals surface area contributed by atoms with Crippen LogP contribution in [0.1, 0.15) is 47.3 Å². The van der Waals surface area contributed by atoms with Crippen LogP contribution in [0, 0.1) is 27.7 Å². The molecule has 0 bridgehead atoms. The zero-order chi connectivity index (χ0) is 20.4. The average Bonchev–Trinajstić information content (AvgIpc) is 3.15. The second kappa shape index (κ2) is 7.79. The first-order valence-electron chi connectivity index (χ1n) is 9.18. The van der Waals surface area contributed by atoms with Crippen LogP contribution in [0.15, 0.2) is 15.4 Å². The number of aryl methyl sites for hydroxylation is 4. The Morgan fingerprint density at radius 3 is 2.57 bits per heavy atom. The van der Waals surface area contributed by atoms with E-state index in [9.17, 15) is 9.59 Å². The molecule has 0 atom stereocenters. The summed E-state index contributed by atoms with van der Waals surface area (Å²) >= 11 is 0. The molecule has 28 heavy (non-hydrogen) atoms. The predicted molar refractivity (Wildman–Crippen MR) is 104 cm³/mol. The van der Waals surface area contributed by atoms with E-state index in [-0.39, 0.29) is 23.8 Å². The van der Waals surface area contributed by atoms with Gasteiger partial charge in [-0.15, -0.1) is 0 Å². The van der Waals surface area contributed by atoms with E-state index < -0.39 is 0 Å². The monoisotopic (exact) mass is 384 g/mol. The molecule has 3 aromatic rings. The lowest BCUT2D eigenvalue weighted by Gasteiger charge is -2.10. The highest BCUT2D eigenvalue weighted by Crippen LogP contribution is 2.17. The molecule has 0 spiro atoms. The summed E-state index contributed by atoms with van der Waals surface area (Å²) in [6, 6.07) is 1.73. The van der Waals surface area contributed by atoms with E-state index in [1.807, 2.05) is 20.8 Å². The van der Waals surface area contributed by atoms with Crippen LogP contribution in [0.25, 0.3) is 5.95 Å². The summed E-state index contributed by atoms with van der Waals surface area (Å²) in [7, 11) is 0. The van der Waals surface area contributed by atoms with Crippen molar-refractivity contribution in [3.05, 3.63) is 50.4 Å². The van der Waals surface area contributed by atoms with Crippen LogP contribution in [0.2, 0.25) is 0 Å². The smallest absolute Gasteiger partial charge is 0.255 e. The molecule has 0 saturated heterocycles. The molecule has 2 N–H and O–H groups in total. The number of carbonyl (C=O) groups excluding carboxylic acids is 1. The van der Waals surface area contributed by atoms with E-state index in [1.54, 1.807) is 19.9 Å². The number of rotatable bonds is 6. The minimum atomic E-state index is -0.200. The van der Waals surface area contributed by atoms with Crippen LogP contribution >= 0.6 is 0 Å². The van der Waals surface area contributed by atoms with Gasteiger partial charge in [-0.25, -0.2) is 4.98 Å². The summed E-state index contributed by atoms with van der Waals surface area (Å²) in [6.07, 6.45) is 1.39. The quantitative estimate of drug-likeness (QED) is 0.673. The zero-order valence-electron chi connectivity index (χ0n) is 16.7. The molecule has 148 valence electrons. The fourth-order valence-electron chi connectivity index (χ4n) is 3.16. The van der Waals surface area contributed by atoms with Gasteiger partial charge in [0.1, 0.15) is 11.6 Å². The fraction of sp³-hybridized carbons (Fsp3) is 0.421. The molecule has 3 rings (SSSR count). The summed E-state index contributed by atoms with van der Waals surface area (Å²) in [6.45, 7) is 9.18. The number of hydrogen-bond donors (Lipinski definition) is 2. The van der Waals surface area contributed by atoms with E-state index in [0.717, 1.165) is 17.0 Å². The van der Waals surface area contributed by atoms with Crippen molar-refractivity contribution < 1.29 is 9.32 Å². The first kappa shape index (κ1) is 19.5. The average molecular weight is 384 g/mol. The SMILES string of the molecule is CCc1c(C)nc(-n2nc(C)cc2NC(=O)CCc2c(C)noc2C)[nH]c1=O. The third-order valence-corrected chi connectivity index (χ3v) is 4.65. The molecule has 3 heterocycles. The van der Waals surface area contributed by atoms with Crippen LogP contribution in [0.3, 0.4) is 0 Å². The molecule has 0 saturated carbocycles. The summed E-state index contributed by atoms with van der Waals surface area (Å²) in [5, 5.41) is 11.1. The summed E-state index contributed by atoms with van der Waals surface area (Å²) in [5.41, 5.74) is 3.51. The van der Waals surface area contributed by atoms with Gasteiger partial charge in [-0.05, 0) is 40.5 Å². The fourth-order valence-corrected chi connectivity index (χ4v) is 3.16. The number of anilines is 1. The molecule has 9 nitrogen and oxygen atoms in total.